The minimum Gasteiger partial charge on any atom is -0.489 e. The number of ether oxygens (including phenoxy) is 2. The van der Waals surface area contributed by atoms with Crippen LogP contribution in [-0.4, -0.2) is 36.6 Å². The Kier molecular flexibility index (Phi) is 5.57. The van der Waals surface area contributed by atoms with Gasteiger partial charge in [0.15, 0.2) is 0 Å². The highest BCUT2D eigenvalue weighted by molar-refractivity contribution is 5.56. The van der Waals surface area contributed by atoms with E-state index in [2.05, 4.69) is 4.98 Å². The van der Waals surface area contributed by atoms with Crippen LogP contribution in [-0.2, 0) is 10.9 Å². The number of hydrogen-bond acceptors (Lipinski definition) is 5. The number of alkyl halides is 6. The van der Waals surface area contributed by atoms with Crippen LogP contribution >= 0.6 is 0 Å². The Morgan fingerprint density at radius 3 is 2.55 bits per heavy atom. The number of rotatable bonds is 4. The molecule has 0 spiro atoms. The topological polar surface area (TPSA) is 58.4 Å². The molecule has 0 bridgehead atoms. The molecule has 5 nitrogen and oxygen atoms in total. The molecule has 0 N–H and O–H groups in total. The summed E-state index contributed by atoms with van der Waals surface area (Å²) in [7, 11) is 0. The highest BCUT2D eigenvalue weighted by Crippen LogP contribution is 2.39. The molecule has 1 aliphatic rings. The van der Waals surface area contributed by atoms with E-state index in [0.29, 0.717) is 16.7 Å². The third-order valence-electron chi connectivity index (χ3n) is 4.12. The molecule has 1 fully saturated rings. The molecule has 0 radical (unpaired) electrons. The van der Waals surface area contributed by atoms with Gasteiger partial charge >= 0.3 is 12.4 Å². The van der Waals surface area contributed by atoms with Gasteiger partial charge < -0.3 is 14.4 Å². The molecule has 29 heavy (non-hydrogen) atoms. The number of nitrogens with zero attached hydrogens (tertiary/aromatic N) is 3. The fourth-order valence-electron chi connectivity index (χ4n) is 2.87. The first-order chi connectivity index (χ1) is 13.6. The lowest BCUT2D eigenvalue weighted by atomic mass is 10.1. The highest BCUT2D eigenvalue weighted by atomic mass is 19.4. The third kappa shape index (κ3) is 4.71. The molecule has 0 amide bonds. The summed E-state index contributed by atoms with van der Waals surface area (Å²) in [5.74, 6) is 0.316. The first kappa shape index (κ1) is 20.7. The van der Waals surface area contributed by atoms with E-state index in [1.165, 1.54) is 18.5 Å². The average molecular weight is 417 g/mol. The summed E-state index contributed by atoms with van der Waals surface area (Å²) in [6, 6.07) is 6.90. The molecule has 0 aliphatic carbocycles. The van der Waals surface area contributed by atoms with Crippen LogP contribution in [0.1, 0.15) is 11.1 Å². The SMILES string of the molecule is N#Cc1ccc(N2CC(COc3cccnc3)OC2C(F)(F)F)cc1C(F)(F)F. The number of benzene rings is 1. The first-order valence-electron chi connectivity index (χ1n) is 8.22. The molecule has 154 valence electrons. The van der Waals surface area contributed by atoms with Crippen molar-refractivity contribution in [1.29, 1.82) is 5.26 Å². The van der Waals surface area contributed by atoms with E-state index in [0.717, 1.165) is 12.1 Å². The standard InChI is InChI=1S/C18H13F6N3O2/c19-17(20,21)15-6-12(4-3-11(15)7-25)27-9-14(29-16(27)18(22,23)24)10-28-13-2-1-5-26-8-13/h1-6,8,14,16H,9-10H2. The van der Waals surface area contributed by atoms with Crippen LogP contribution in [0.25, 0.3) is 0 Å². The van der Waals surface area contributed by atoms with Crippen molar-refractivity contribution in [3.8, 4) is 11.8 Å². The average Bonchev–Trinajstić information content (AvgIpc) is 3.11. The van der Waals surface area contributed by atoms with Crippen LogP contribution in [0.5, 0.6) is 5.75 Å². The zero-order valence-electron chi connectivity index (χ0n) is 14.5. The number of nitriles is 1. The van der Waals surface area contributed by atoms with Crippen molar-refractivity contribution in [2.45, 2.75) is 24.7 Å². The van der Waals surface area contributed by atoms with Crippen molar-refractivity contribution in [2.75, 3.05) is 18.1 Å². The van der Waals surface area contributed by atoms with Gasteiger partial charge in [-0.15, -0.1) is 0 Å². The molecule has 3 rings (SSSR count). The Hall–Kier alpha value is -3.00. The Morgan fingerprint density at radius 2 is 1.97 bits per heavy atom. The number of halogens is 6. The van der Waals surface area contributed by atoms with Gasteiger partial charge in [-0.2, -0.15) is 31.6 Å². The van der Waals surface area contributed by atoms with Crippen LogP contribution in [0, 0.1) is 11.3 Å². The number of hydrogen-bond donors (Lipinski definition) is 0. The van der Waals surface area contributed by atoms with Gasteiger partial charge in [0.1, 0.15) is 18.5 Å². The van der Waals surface area contributed by atoms with Crippen LogP contribution in [0.15, 0.2) is 42.7 Å². The molecule has 1 aromatic carbocycles. The normalized spacial score (nSPS) is 19.8. The van der Waals surface area contributed by atoms with E-state index in [1.807, 2.05) is 0 Å². The number of aromatic nitrogens is 1. The molecule has 0 saturated carbocycles. The second-order valence-electron chi connectivity index (χ2n) is 6.14. The summed E-state index contributed by atoms with van der Waals surface area (Å²) < 4.78 is 90.1. The zero-order chi connectivity index (χ0) is 21.2. The Balaban J connectivity index is 1.85. The van der Waals surface area contributed by atoms with Gasteiger partial charge in [-0.25, -0.2) is 0 Å². The first-order valence-corrected chi connectivity index (χ1v) is 8.22. The van der Waals surface area contributed by atoms with Crippen molar-refractivity contribution in [3.63, 3.8) is 0 Å². The number of anilines is 1. The van der Waals surface area contributed by atoms with E-state index in [4.69, 9.17) is 14.7 Å². The molecule has 1 saturated heterocycles. The molecular weight excluding hydrogens is 404 g/mol. The van der Waals surface area contributed by atoms with E-state index in [1.54, 1.807) is 12.1 Å². The Bertz CT molecular complexity index is 895. The predicted octanol–water partition coefficient (Wildman–Crippen LogP) is 4.14. The summed E-state index contributed by atoms with van der Waals surface area (Å²) in [5.41, 5.74) is -2.35. The van der Waals surface area contributed by atoms with Crippen LogP contribution in [0.4, 0.5) is 32.0 Å². The summed E-state index contributed by atoms with van der Waals surface area (Å²) in [6.45, 7) is -0.606. The van der Waals surface area contributed by atoms with Crippen molar-refractivity contribution in [1.82, 2.24) is 4.98 Å². The Morgan fingerprint density at radius 1 is 1.21 bits per heavy atom. The van der Waals surface area contributed by atoms with E-state index < -0.39 is 35.8 Å². The maximum absolute atomic E-state index is 13.4. The fraction of sp³-hybridized carbons (Fsp3) is 0.333. The monoisotopic (exact) mass is 417 g/mol. The van der Waals surface area contributed by atoms with Gasteiger partial charge in [-0.05, 0) is 30.3 Å². The van der Waals surface area contributed by atoms with E-state index >= 15 is 0 Å². The second-order valence-corrected chi connectivity index (χ2v) is 6.14. The van der Waals surface area contributed by atoms with Crippen LogP contribution in [0.2, 0.25) is 0 Å². The summed E-state index contributed by atoms with van der Waals surface area (Å²) in [6.07, 6.45) is -10.4. The van der Waals surface area contributed by atoms with Crippen molar-refractivity contribution >= 4 is 5.69 Å². The fourth-order valence-corrected chi connectivity index (χ4v) is 2.87. The molecular formula is C18H13F6N3O2. The molecule has 2 heterocycles. The van der Waals surface area contributed by atoms with Crippen molar-refractivity contribution in [3.05, 3.63) is 53.9 Å². The molecule has 2 aromatic rings. The molecule has 2 unspecified atom stereocenters. The minimum atomic E-state index is -4.89. The largest absolute Gasteiger partial charge is 0.489 e. The lowest BCUT2D eigenvalue weighted by Gasteiger charge is -2.27. The maximum atomic E-state index is 13.4. The van der Waals surface area contributed by atoms with Gasteiger partial charge in [-0.3, -0.25) is 4.98 Å². The van der Waals surface area contributed by atoms with Crippen LogP contribution < -0.4 is 9.64 Å². The van der Waals surface area contributed by atoms with Gasteiger partial charge in [0, 0.05) is 11.9 Å². The van der Waals surface area contributed by atoms with E-state index in [-0.39, 0.29) is 18.8 Å². The lowest BCUT2D eigenvalue weighted by Crippen LogP contribution is -2.42. The zero-order valence-corrected chi connectivity index (χ0v) is 14.5. The van der Waals surface area contributed by atoms with E-state index in [9.17, 15) is 26.3 Å². The molecule has 1 aromatic heterocycles. The number of pyridine rings is 1. The van der Waals surface area contributed by atoms with Gasteiger partial charge in [0.05, 0.1) is 29.9 Å². The summed E-state index contributed by atoms with van der Waals surface area (Å²) in [5, 5.41) is 8.85. The molecule has 2 atom stereocenters. The highest BCUT2D eigenvalue weighted by Gasteiger charge is 2.51. The summed E-state index contributed by atoms with van der Waals surface area (Å²) >= 11 is 0. The van der Waals surface area contributed by atoms with Gasteiger partial charge in [-0.1, -0.05) is 0 Å². The smallest absolute Gasteiger partial charge is 0.433 e. The van der Waals surface area contributed by atoms with Gasteiger partial charge in [0.25, 0.3) is 0 Å². The van der Waals surface area contributed by atoms with Crippen LogP contribution in [0.3, 0.4) is 0 Å². The second kappa shape index (κ2) is 7.79. The quantitative estimate of drug-likeness (QED) is 0.700. The predicted molar refractivity (Wildman–Crippen MR) is 88.0 cm³/mol. The minimum absolute atomic E-state index is 0.253. The van der Waals surface area contributed by atoms with Gasteiger partial charge in [0.2, 0.25) is 6.23 Å². The molecule has 11 heteroatoms. The van der Waals surface area contributed by atoms with Crippen molar-refractivity contribution < 1.29 is 35.8 Å². The molecule has 1 aliphatic heterocycles. The maximum Gasteiger partial charge on any atom is 0.433 e. The summed E-state index contributed by atoms with van der Waals surface area (Å²) in [4.78, 5) is 4.48. The van der Waals surface area contributed by atoms with Crippen molar-refractivity contribution in [2.24, 2.45) is 0 Å². The lowest BCUT2D eigenvalue weighted by molar-refractivity contribution is -0.215. The Labute approximate surface area is 161 Å². The third-order valence-corrected chi connectivity index (χ3v) is 4.12.